The van der Waals surface area contributed by atoms with Gasteiger partial charge in [-0.05, 0) is 43.2 Å². The highest BCUT2D eigenvalue weighted by Gasteiger charge is 2.17. The summed E-state index contributed by atoms with van der Waals surface area (Å²) in [5.74, 6) is 1.36. The van der Waals surface area contributed by atoms with Gasteiger partial charge in [-0.2, -0.15) is 4.98 Å². The lowest BCUT2D eigenvalue weighted by Gasteiger charge is -2.19. The Morgan fingerprint density at radius 1 is 1.23 bits per heavy atom. The van der Waals surface area contributed by atoms with Gasteiger partial charge in [0.05, 0.1) is 23.4 Å². The van der Waals surface area contributed by atoms with Crippen molar-refractivity contribution in [1.82, 2.24) is 10.1 Å². The second kappa shape index (κ2) is 9.17. The first-order chi connectivity index (χ1) is 14.6. The number of carbonyl (C=O) groups excluding carboxylic acids is 1. The predicted molar refractivity (Wildman–Crippen MR) is 116 cm³/mol. The van der Waals surface area contributed by atoms with Gasteiger partial charge in [-0.3, -0.25) is 4.79 Å². The molecule has 0 spiro atoms. The highest BCUT2D eigenvalue weighted by Crippen LogP contribution is 2.31. The van der Waals surface area contributed by atoms with Crippen LogP contribution in [0.5, 0.6) is 5.75 Å². The molecule has 0 aliphatic carbocycles. The minimum Gasteiger partial charge on any atom is -0.496 e. The van der Waals surface area contributed by atoms with Gasteiger partial charge in [0, 0.05) is 31.6 Å². The molecule has 1 fully saturated rings. The largest absolute Gasteiger partial charge is 0.496 e. The first kappa shape index (κ1) is 20.2. The number of aromatic nitrogens is 2. The van der Waals surface area contributed by atoms with Gasteiger partial charge in [-0.1, -0.05) is 28.9 Å². The number of aryl methyl sites for hydroxylation is 1. The summed E-state index contributed by atoms with van der Waals surface area (Å²) < 4.78 is 10.6. The number of para-hydroxylation sites is 1. The summed E-state index contributed by atoms with van der Waals surface area (Å²) in [5.41, 5.74) is 2.43. The van der Waals surface area contributed by atoms with Crippen LogP contribution in [0.4, 0.5) is 11.4 Å². The van der Waals surface area contributed by atoms with E-state index in [-0.39, 0.29) is 12.3 Å². The molecule has 0 atom stereocenters. The number of benzene rings is 2. The van der Waals surface area contributed by atoms with Crippen LogP contribution in [-0.4, -0.2) is 36.2 Å². The van der Waals surface area contributed by atoms with Crippen molar-refractivity contribution in [2.75, 3.05) is 30.4 Å². The van der Waals surface area contributed by atoms with Crippen molar-refractivity contribution in [3.8, 4) is 17.1 Å². The van der Waals surface area contributed by atoms with Crippen molar-refractivity contribution >= 4 is 28.9 Å². The summed E-state index contributed by atoms with van der Waals surface area (Å²) in [6.45, 7) is 2.04. The highest BCUT2D eigenvalue weighted by molar-refractivity contribution is 6.33. The normalized spacial score (nSPS) is 13.5. The van der Waals surface area contributed by atoms with E-state index >= 15 is 0 Å². The zero-order chi connectivity index (χ0) is 20.9. The molecule has 0 bridgehead atoms. The second-order valence-electron chi connectivity index (χ2n) is 7.12. The van der Waals surface area contributed by atoms with Crippen molar-refractivity contribution in [3.05, 3.63) is 53.4 Å². The molecule has 8 heteroatoms. The molecule has 1 N–H and O–H groups in total. The van der Waals surface area contributed by atoms with E-state index < -0.39 is 0 Å². The van der Waals surface area contributed by atoms with E-state index in [0.29, 0.717) is 34.6 Å². The molecule has 2 aromatic carbocycles. The lowest BCUT2D eigenvalue weighted by molar-refractivity contribution is -0.116. The van der Waals surface area contributed by atoms with Crippen molar-refractivity contribution in [2.24, 2.45) is 0 Å². The Morgan fingerprint density at radius 2 is 2.03 bits per heavy atom. The predicted octanol–water partition coefficient (Wildman–Crippen LogP) is 4.57. The Hall–Kier alpha value is -3.06. The van der Waals surface area contributed by atoms with Gasteiger partial charge < -0.3 is 19.5 Å². The summed E-state index contributed by atoms with van der Waals surface area (Å²) in [5, 5.41) is 7.52. The van der Waals surface area contributed by atoms with E-state index in [1.807, 2.05) is 36.4 Å². The Morgan fingerprint density at radius 3 is 2.80 bits per heavy atom. The smallest absolute Gasteiger partial charge is 0.227 e. The topological polar surface area (TPSA) is 80.5 Å². The van der Waals surface area contributed by atoms with Gasteiger partial charge in [0.25, 0.3) is 0 Å². The van der Waals surface area contributed by atoms with Gasteiger partial charge in [0.15, 0.2) is 0 Å². The minimum absolute atomic E-state index is 0.142. The first-order valence-electron chi connectivity index (χ1n) is 9.94. The van der Waals surface area contributed by atoms with E-state index in [2.05, 4.69) is 20.4 Å². The molecule has 1 amide bonds. The van der Waals surface area contributed by atoms with Crippen molar-refractivity contribution in [1.29, 1.82) is 0 Å². The van der Waals surface area contributed by atoms with Gasteiger partial charge in [-0.15, -0.1) is 0 Å². The number of hydrogen-bond donors (Lipinski definition) is 1. The average molecular weight is 427 g/mol. The van der Waals surface area contributed by atoms with Crippen LogP contribution in [0, 0.1) is 0 Å². The molecule has 7 nitrogen and oxygen atoms in total. The minimum atomic E-state index is -0.142. The molecule has 1 saturated heterocycles. The standard InChI is InChI=1S/C22H23ClN4O3/c1-29-19-7-3-2-6-16(19)22-25-21(30-26-22)11-10-20(28)24-15-8-9-18(17(23)14-15)27-12-4-5-13-27/h2-3,6-9,14H,4-5,10-13H2,1H3,(H,24,28). The number of nitrogens with zero attached hydrogens (tertiary/aromatic N) is 3. The van der Waals surface area contributed by atoms with Crippen LogP contribution in [-0.2, 0) is 11.2 Å². The number of anilines is 2. The zero-order valence-corrected chi connectivity index (χ0v) is 17.5. The number of hydrogen-bond acceptors (Lipinski definition) is 6. The van der Waals surface area contributed by atoms with Gasteiger partial charge >= 0.3 is 0 Å². The molecule has 30 heavy (non-hydrogen) atoms. The summed E-state index contributed by atoms with van der Waals surface area (Å²) in [7, 11) is 1.59. The van der Waals surface area contributed by atoms with Crippen molar-refractivity contribution in [3.63, 3.8) is 0 Å². The fraction of sp³-hybridized carbons (Fsp3) is 0.318. The Kier molecular flexibility index (Phi) is 6.18. The van der Waals surface area contributed by atoms with Crippen LogP contribution in [0.2, 0.25) is 5.02 Å². The second-order valence-corrected chi connectivity index (χ2v) is 7.53. The Bertz CT molecular complexity index is 1030. The van der Waals surface area contributed by atoms with Crippen LogP contribution in [0.3, 0.4) is 0 Å². The lowest BCUT2D eigenvalue weighted by Crippen LogP contribution is -2.18. The van der Waals surface area contributed by atoms with E-state index in [9.17, 15) is 4.79 Å². The number of halogens is 1. The molecule has 0 unspecified atom stereocenters. The first-order valence-corrected chi connectivity index (χ1v) is 10.3. The maximum absolute atomic E-state index is 12.3. The van der Waals surface area contributed by atoms with Gasteiger partial charge in [0.1, 0.15) is 5.75 Å². The number of ether oxygens (including phenoxy) is 1. The van der Waals surface area contributed by atoms with Gasteiger partial charge in [-0.25, -0.2) is 0 Å². The van der Waals surface area contributed by atoms with Crippen LogP contribution in [0.15, 0.2) is 47.0 Å². The molecule has 0 radical (unpaired) electrons. The fourth-order valence-electron chi connectivity index (χ4n) is 3.54. The van der Waals surface area contributed by atoms with Crippen LogP contribution >= 0.6 is 11.6 Å². The maximum atomic E-state index is 12.3. The van der Waals surface area contributed by atoms with Gasteiger partial charge in [0.2, 0.25) is 17.6 Å². The molecule has 2 heterocycles. The highest BCUT2D eigenvalue weighted by atomic mass is 35.5. The molecular formula is C22H23ClN4O3. The lowest BCUT2D eigenvalue weighted by atomic mass is 10.2. The third-order valence-electron chi connectivity index (χ3n) is 5.06. The average Bonchev–Trinajstić information content (AvgIpc) is 3.45. The molecule has 4 rings (SSSR count). The third kappa shape index (κ3) is 4.57. The number of carbonyl (C=O) groups is 1. The van der Waals surface area contributed by atoms with Crippen LogP contribution < -0.4 is 15.0 Å². The monoisotopic (exact) mass is 426 g/mol. The molecule has 1 aliphatic rings. The Labute approximate surface area is 180 Å². The fourth-order valence-corrected chi connectivity index (χ4v) is 3.84. The summed E-state index contributed by atoms with van der Waals surface area (Å²) in [4.78, 5) is 19.0. The van der Waals surface area contributed by atoms with E-state index in [4.69, 9.17) is 20.9 Å². The number of rotatable bonds is 7. The van der Waals surface area contributed by atoms with Crippen LogP contribution in [0.25, 0.3) is 11.4 Å². The molecule has 156 valence electrons. The summed E-state index contributed by atoms with van der Waals surface area (Å²) in [6.07, 6.45) is 2.93. The zero-order valence-electron chi connectivity index (χ0n) is 16.7. The number of amides is 1. The van der Waals surface area contributed by atoms with E-state index in [1.165, 1.54) is 12.8 Å². The number of nitrogens with one attached hydrogen (secondary N) is 1. The molecule has 3 aromatic rings. The molecule has 1 aromatic heterocycles. The third-order valence-corrected chi connectivity index (χ3v) is 5.36. The quantitative estimate of drug-likeness (QED) is 0.596. The molecular weight excluding hydrogens is 404 g/mol. The van der Waals surface area contributed by atoms with Crippen molar-refractivity contribution in [2.45, 2.75) is 25.7 Å². The SMILES string of the molecule is COc1ccccc1-c1noc(CCC(=O)Nc2ccc(N3CCCC3)c(Cl)c2)n1. The summed E-state index contributed by atoms with van der Waals surface area (Å²) >= 11 is 6.42. The van der Waals surface area contributed by atoms with Crippen LogP contribution in [0.1, 0.15) is 25.2 Å². The molecule has 1 aliphatic heterocycles. The van der Waals surface area contributed by atoms with E-state index in [0.717, 1.165) is 24.3 Å². The summed E-state index contributed by atoms with van der Waals surface area (Å²) in [6, 6.07) is 13.1. The van der Waals surface area contributed by atoms with E-state index in [1.54, 1.807) is 13.2 Å². The maximum Gasteiger partial charge on any atom is 0.227 e. The van der Waals surface area contributed by atoms with Crippen molar-refractivity contribution < 1.29 is 14.1 Å². The number of methoxy groups -OCH3 is 1. The Balaban J connectivity index is 1.34. The molecule has 0 saturated carbocycles.